The van der Waals surface area contributed by atoms with Gasteiger partial charge >= 0.3 is 0 Å². The fraction of sp³-hybridized carbons (Fsp3) is 0.857. The van der Waals surface area contributed by atoms with Gasteiger partial charge in [-0.1, -0.05) is 13.8 Å². The van der Waals surface area contributed by atoms with Crippen LogP contribution in [0.1, 0.15) is 20.8 Å². The van der Waals surface area contributed by atoms with Crippen LogP contribution >= 0.6 is 0 Å². The first-order valence-corrected chi connectivity index (χ1v) is 3.68. The zero-order valence-corrected chi connectivity index (χ0v) is 7.16. The van der Waals surface area contributed by atoms with Crippen LogP contribution in [0.2, 0.25) is 0 Å². The average molecular weight is 160 g/mol. The zero-order chi connectivity index (χ0) is 9.02. The molecule has 0 bridgehead atoms. The van der Waals surface area contributed by atoms with Crippen LogP contribution in [0.5, 0.6) is 0 Å². The average Bonchev–Trinajstić information content (AvgIpc) is 1.81. The van der Waals surface area contributed by atoms with E-state index in [4.69, 9.17) is 10.8 Å². The van der Waals surface area contributed by atoms with Crippen molar-refractivity contribution in [1.29, 1.82) is 0 Å². The Labute approximate surface area is 66.8 Å². The summed E-state index contributed by atoms with van der Waals surface area (Å²) in [5.74, 6) is -0.520. The van der Waals surface area contributed by atoms with Crippen LogP contribution in [0.3, 0.4) is 0 Å². The number of amides is 1. The summed E-state index contributed by atoms with van der Waals surface area (Å²) in [6, 6.07) is -0.503. The zero-order valence-electron chi connectivity index (χ0n) is 7.16. The van der Waals surface area contributed by atoms with Gasteiger partial charge in [-0.2, -0.15) is 0 Å². The van der Waals surface area contributed by atoms with Gasteiger partial charge < -0.3 is 16.2 Å². The summed E-state index contributed by atoms with van der Waals surface area (Å²) in [6.45, 7) is 5.31. The van der Waals surface area contributed by atoms with Crippen molar-refractivity contribution in [3.63, 3.8) is 0 Å². The van der Waals surface area contributed by atoms with Crippen molar-refractivity contribution in [3.05, 3.63) is 0 Å². The topological polar surface area (TPSA) is 75.3 Å². The maximum Gasteiger partial charge on any atom is 0.237 e. The molecule has 11 heavy (non-hydrogen) atoms. The van der Waals surface area contributed by atoms with Crippen LogP contribution in [0, 0.1) is 0 Å². The van der Waals surface area contributed by atoms with E-state index in [1.807, 2.05) is 13.8 Å². The lowest BCUT2D eigenvalue weighted by Crippen LogP contribution is -2.50. The van der Waals surface area contributed by atoms with E-state index in [-0.39, 0.29) is 6.04 Å². The lowest BCUT2D eigenvalue weighted by atomic mass is 10.1. The Morgan fingerprint density at radius 3 is 2.00 bits per heavy atom. The van der Waals surface area contributed by atoms with Crippen LogP contribution < -0.4 is 11.1 Å². The predicted molar refractivity (Wildman–Crippen MR) is 42.9 cm³/mol. The Bertz CT molecular complexity index is 134. The van der Waals surface area contributed by atoms with Crippen LogP contribution in [0.15, 0.2) is 0 Å². The number of nitrogens with one attached hydrogen (secondary N) is 1. The van der Waals surface area contributed by atoms with Gasteiger partial charge in [0, 0.05) is 6.04 Å². The second-order valence-electron chi connectivity index (χ2n) is 2.94. The molecular formula is C7H16N2O2. The molecule has 4 heteroatoms. The number of nitrogens with two attached hydrogens (primary N) is 1. The van der Waals surface area contributed by atoms with Gasteiger partial charge in [0.2, 0.25) is 5.91 Å². The van der Waals surface area contributed by atoms with Crippen molar-refractivity contribution < 1.29 is 9.90 Å². The number of aliphatic hydroxyl groups is 1. The first-order valence-electron chi connectivity index (χ1n) is 3.68. The number of aliphatic hydroxyl groups excluding tert-OH is 1. The van der Waals surface area contributed by atoms with Crippen LogP contribution in [0.25, 0.3) is 0 Å². The Morgan fingerprint density at radius 2 is 1.91 bits per heavy atom. The van der Waals surface area contributed by atoms with E-state index in [0.29, 0.717) is 0 Å². The van der Waals surface area contributed by atoms with Crippen molar-refractivity contribution in [2.75, 3.05) is 0 Å². The van der Waals surface area contributed by atoms with Crippen LogP contribution in [-0.2, 0) is 4.79 Å². The minimum Gasteiger partial charge on any atom is -0.391 e. The largest absolute Gasteiger partial charge is 0.391 e. The lowest BCUT2D eigenvalue weighted by molar-refractivity contribution is -0.122. The van der Waals surface area contributed by atoms with Gasteiger partial charge in [-0.25, -0.2) is 0 Å². The number of carbonyl (C=O) groups excluding carboxylic acids is 1. The molecule has 0 aromatic heterocycles. The molecule has 0 saturated carbocycles. The summed E-state index contributed by atoms with van der Waals surface area (Å²) >= 11 is 0. The van der Waals surface area contributed by atoms with Gasteiger partial charge in [-0.3, -0.25) is 4.79 Å². The molecule has 0 radical (unpaired) electrons. The minimum absolute atomic E-state index is 0.141. The number of primary amides is 1. The number of rotatable bonds is 4. The summed E-state index contributed by atoms with van der Waals surface area (Å²) in [5.41, 5.74) is 5.02. The molecule has 0 rings (SSSR count). The fourth-order valence-corrected chi connectivity index (χ4v) is 0.818. The van der Waals surface area contributed by atoms with E-state index in [1.54, 1.807) is 0 Å². The van der Waals surface area contributed by atoms with E-state index in [2.05, 4.69) is 5.32 Å². The van der Waals surface area contributed by atoms with Gasteiger partial charge in [0.25, 0.3) is 0 Å². The molecule has 0 fully saturated rings. The Morgan fingerprint density at radius 1 is 1.45 bits per heavy atom. The van der Waals surface area contributed by atoms with Gasteiger partial charge in [0.05, 0.1) is 6.10 Å². The van der Waals surface area contributed by atoms with Gasteiger partial charge in [-0.05, 0) is 6.92 Å². The summed E-state index contributed by atoms with van der Waals surface area (Å²) in [4.78, 5) is 10.7. The Hall–Kier alpha value is -0.610. The highest BCUT2D eigenvalue weighted by molar-refractivity contribution is 5.80. The normalized spacial score (nSPS) is 16.5. The Balaban J connectivity index is 4.01. The van der Waals surface area contributed by atoms with Crippen molar-refractivity contribution >= 4 is 5.91 Å². The lowest BCUT2D eigenvalue weighted by Gasteiger charge is -2.20. The van der Waals surface area contributed by atoms with E-state index >= 15 is 0 Å². The van der Waals surface area contributed by atoms with E-state index in [1.165, 1.54) is 6.92 Å². The molecule has 0 heterocycles. The molecule has 0 aliphatic heterocycles. The highest BCUT2D eigenvalue weighted by atomic mass is 16.3. The molecule has 1 amide bonds. The second kappa shape index (κ2) is 4.31. The summed E-state index contributed by atoms with van der Waals surface area (Å²) in [7, 11) is 0. The molecule has 0 aliphatic carbocycles. The third-order valence-corrected chi connectivity index (χ3v) is 1.30. The maximum absolute atomic E-state index is 10.7. The maximum atomic E-state index is 10.7. The fourth-order valence-electron chi connectivity index (χ4n) is 0.818. The third-order valence-electron chi connectivity index (χ3n) is 1.30. The summed E-state index contributed by atoms with van der Waals surface area (Å²) in [5, 5.41) is 11.9. The van der Waals surface area contributed by atoms with Crippen molar-refractivity contribution in [3.8, 4) is 0 Å². The molecule has 0 aromatic rings. The van der Waals surface area contributed by atoms with Crippen LogP contribution in [-0.4, -0.2) is 29.2 Å². The van der Waals surface area contributed by atoms with Crippen LogP contribution in [0.4, 0.5) is 0 Å². The quantitative estimate of drug-likeness (QED) is 0.505. The first-order chi connectivity index (χ1) is 4.95. The van der Waals surface area contributed by atoms with E-state index in [9.17, 15) is 4.79 Å². The summed E-state index contributed by atoms with van der Waals surface area (Å²) < 4.78 is 0. The Kier molecular flexibility index (Phi) is 4.07. The minimum atomic E-state index is -0.741. The highest BCUT2D eigenvalue weighted by Gasteiger charge is 2.20. The first kappa shape index (κ1) is 10.4. The van der Waals surface area contributed by atoms with E-state index < -0.39 is 18.1 Å². The molecular weight excluding hydrogens is 144 g/mol. The molecule has 0 unspecified atom stereocenters. The van der Waals surface area contributed by atoms with Gasteiger partial charge in [0.15, 0.2) is 0 Å². The predicted octanol–water partition coefficient (Wildman–Crippen LogP) is -0.781. The molecule has 0 aliphatic rings. The summed E-state index contributed by atoms with van der Waals surface area (Å²) in [6.07, 6.45) is -0.741. The smallest absolute Gasteiger partial charge is 0.237 e. The van der Waals surface area contributed by atoms with Crippen molar-refractivity contribution in [1.82, 2.24) is 5.32 Å². The standard InChI is InChI=1S/C7H16N2O2/c1-4(2)9-6(5(3)10)7(8)11/h4-6,9-10H,1-3H3,(H2,8,11)/t5-,6+/m0/s1. The number of hydrogen-bond acceptors (Lipinski definition) is 3. The molecule has 0 aromatic carbocycles. The number of hydrogen-bond donors (Lipinski definition) is 3. The molecule has 4 N–H and O–H groups in total. The third kappa shape index (κ3) is 3.95. The SMILES string of the molecule is CC(C)N[C@@H](C(N)=O)[C@H](C)O. The molecule has 66 valence electrons. The molecule has 4 nitrogen and oxygen atoms in total. The van der Waals surface area contributed by atoms with Gasteiger partial charge in [-0.15, -0.1) is 0 Å². The van der Waals surface area contributed by atoms with Crippen molar-refractivity contribution in [2.24, 2.45) is 5.73 Å². The molecule has 0 spiro atoms. The number of carbonyl (C=O) groups is 1. The van der Waals surface area contributed by atoms with Gasteiger partial charge in [0.1, 0.15) is 6.04 Å². The second-order valence-corrected chi connectivity index (χ2v) is 2.94. The van der Waals surface area contributed by atoms with Crippen molar-refractivity contribution in [2.45, 2.75) is 39.0 Å². The molecule has 2 atom stereocenters. The monoisotopic (exact) mass is 160 g/mol. The highest BCUT2D eigenvalue weighted by Crippen LogP contribution is 1.93. The van der Waals surface area contributed by atoms with E-state index in [0.717, 1.165) is 0 Å². The molecule has 0 saturated heterocycles.